The molecule has 134 valence electrons. The highest BCUT2D eigenvalue weighted by molar-refractivity contribution is 5.92. The number of hydrogen-bond acceptors (Lipinski definition) is 4. The van der Waals surface area contributed by atoms with E-state index in [2.05, 4.69) is 9.97 Å². The minimum Gasteiger partial charge on any atom is -0.383 e. The second-order valence-corrected chi connectivity index (χ2v) is 6.05. The molecule has 0 N–H and O–H groups in total. The topological polar surface area (TPSA) is 60.2 Å². The van der Waals surface area contributed by atoms with Crippen LogP contribution in [0.25, 0.3) is 0 Å². The molecule has 8 heteroatoms. The molecule has 3 rings (SSSR count). The number of piperidine rings is 1. The molecule has 0 radical (unpaired) electrons. The van der Waals surface area contributed by atoms with Crippen molar-refractivity contribution in [3.63, 3.8) is 0 Å². The van der Waals surface area contributed by atoms with E-state index in [1.807, 2.05) is 10.8 Å². The van der Waals surface area contributed by atoms with Crippen LogP contribution in [-0.4, -0.2) is 52.1 Å². The Morgan fingerprint density at radius 2 is 2.24 bits per heavy atom. The molecule has 0 aromatic carbocycles. The first-order chi connectivity index (χ1) is 12.1. The Labute approximate surface area is 144 Å². The SMILES string of the molecule is COCCn1ccnc1[C@H]1CCCN(C(=O)c2ncc(F)cc2F)C1. The molecule has 6 nitrogen and oxygen atoms in total. The lowest BCUT2D eigenvalue weighted by Gasteiger charge is -2.32. The van der Waals surface area contributed by atoms with Crippen LogP contribution in [-0.2, 0) is 11.3 Å². The zero-order valence-electron chi connectivity index (χ0n) is 14.0. The van der Waals surface area contributed by atoms with Crippen LogP contribution in [0.5, 0.6) is 0 Å². The fraction of sp³-hybridized carbons (Fsp3) is 0.471. The summed E-state index contributed by atoms with van der Waals surface area (Å²) >= 11 is 0. The highest BCUT2D eigenvalue weighted by atomic mass is 19.1. The van der Waals surface area contributed by atoms with Gasteiger partial charge in [-0.25, -0.2) is 18.7 Å². The summed E-state index contributed by atoms with van der Waals surface area (Å²) in [5.74, 6) is -1.30. The predicted molar refractivity (Wildman–Crippen MR) is 86.1 cm³/mol. The van der Waals surface area contributed by atoms with Crippen LogP contribution in [0.4, 0.5) is 8.78 Å². The molecular formula is C17H20F2N4O2. The van der Waals surface area contributed by atoms with Crippen LogP contribution in [0.3, 0.4) is 0 Å². The summed E-state index contributed by atoms with van der Waals surface area (Å²) < 4.78 is 34.0. The number of ether oxygens (including phenoxy) is 1. The maximum Gasteiger partial charge on any atom is 0.275 e. The normalized spacial score (nSPS) is 17.7. The molecule has 1 aliphatic rings. The Morgan fingerprint density at radius 3 is 3.00 bits per heavy atom. The van der Waals surface area contributed by atoms with E-state index in [-0.39, 0.29) is 11.6 Å². The van der Waals surface area contributed by atoms with Crippen molar-refractivity contribution in [3.8, 4) is 0 Å². The van der Waals surface area contributed by atoms with Crippen LogP contribution in [0.1, 0.15) is 35.1 Å². The number of aromatic nitrogens is 3. The van der Waals surface area contributed by atoms with Gasteiger partial charge in [-0.05, 0) is 12.8 Å². The van der Waals surface area contributed by atoms with Crippen LogP contribution in [0.2, 0.25) is 0 Å². The van der Waals surface area contributed by atoms with E-state index in [0.717, 1.165) is 24.9 Å². The van der Waals surface area contributed by atoms with Gasteiger partial charge in [0, 0.05) is 51.1 Å². The van der Waals surface area contributed by atoms with E-state index in [9.17, 15) is 13.6 Å². The number of nitrogens with zero attached hydrogens (tertiary/aromatic N) is 4. The number of likely N-dealkylation sites (tertiary alicyclic amines) is 1. The number of carbonyl (C=O) groups excluding carboxylic acids is 1. The van der Waals surface area contributed by atoms with Crippen molar-refractivity contribution < 1.29 is 18.3 Å². The minimum atomic E-state index is -0.936. The Balaban J connectivity index is 1.75. The third-order valence-corrected chi connectivity index (χ3v) is 4.37. The highest BCUT2D eigenvalue weighted by Crippen LogP contribution is 2.27. The van der Waals surface area contributed by atoms with Crippen molar-refractivity contribution in [2.75, 3.05) is 26.8 Å². The number of imidazole rings is 1. The molecule has 0 spiro atoms. The maximum atomic E-state index is 13.8. The Bertz CT molecular complexity index is 750. The average Bonchev–Trinajstić information content (AvgIpc) is 3.08. The van der Waals surface area contributed by atoms with Crippen molar-refractivity contribution in [1.82, 2.24) is 19.4 Å². The van der Waals surface area contributed by atoms with Gasteiger partial charge in [0.25, 0.3) is 5.91 Å². The molecule has 2 aromatic heterocycles. The molecule has 3 heterocycles. The highest BCUT2D eigenvalue weighted by Gasteiger charge is 2.29. The number of pyridine rings is 1. The molecule has 1 fully saturated rings. The molecule has 1 aliphatic heterocycles. The van der Waals surface area contributed by atoms with Crippen molar-refractivity contribution in [1.29, 1.82) is 0 Å². The number of hydrogen-bond donors (Lipinski definition) is 0. The quantitative estimate of drug-likeness (QED) is 0.830. The first-order valence-corrected chi connectivity index (χ1v) is 8.20. The van der Waals surface area contributed by atoms with Gasteiger partial charge in [-0.15, -0.1) is 0 Å². The van der Waals surface area contributed by atoms with Gasteiger partial charge in [0.2, 0.25) is 0 Å². The molecule has 0 bridgehead atoms. The van der Waals surface area contributed by atoms with E-state index in [1.54, 1.807) is 18.2 Å². The minimum absolute atomic E-state index is 0.0630. The van der Waals surface area contributed by atoms with Gasteiger partial charge in [0.15, 0.2) is 11.5 Å². The fourth-order valence-electron chi connectivity index (χ4n) is 3.15. The number of halogens is 2. The number of rotatable bonds is 5. The van der Waals surface area contributed by atoms with Gasteiger partial charge in [-0.1, -0.05) is 0 Å². The summed E-state index contributed by atoms with van der Waals surface area (Å²) in [6, 6.07) is 0.680. The molecule has 1 amide bonds. The van der Waals surface area contributed by atoms with E-state index < -0.39 is 17.5 Å². The summed E-state index contributed by atoms with van der Waals surface area (Å²) in [4.78, 5) is 22.2. The predicted octanol–water partition coefficient (Wildman–Crippen LogP) is 2.22. The smallest absolute Gasteiger partial charge is 0.275 e. The Kier molecular flexibility index (Phi) is 5.37. The summed E-state index contributed by atoms with van der Waals surface area (Å²) in [5.41, 5.74) is -0.343. The number of methoxy groups -OCH3 is 1. The first kappa shape index (κ1) is 17.5. The molecule has 1 saturated heterocycles. The Morgan fingerprint density at radius 1 is 1.40 bits per heavy atom. The van der Waals surface area contributed by atoms with Gasteiger partial charge in [-0.2, -0.15) is 0 Å². The zero-order chi connectivity index (χ0) is 17.8. The number of amides is 1. The second-order valence-electron chi connectivity index (χ2n) is 6.05. The Hall–Kier alpha value is -2.35. The summed E-state index contributed by atoms with van der Waals surface area (Å²) in [5, 5.41) is 0. The molecule has 1 atom stereocenters. The summed E-state index contributed by atoms with van der Waals surface area (Å²) in [6.07, 6.45) is 6.15. The van der Waals surface area contributed by atoms with E-state index in [0.29, 0.717) is 32.3 Å². The third-order valence-electron chi connectivity index (χ3n) is 4.37. The van der Waals surface area contributed by atoms with Crippen molar-refractivity contribution in [2.45, 2.75) is 25.3 Å². The lowest BCUT2D eigenvalue weighted by atomic mass is 9.96. The van der Waals surface area contributed by atoms with E-state index >= 15 is 0 Å². The molecule has 0 saturated carbocycles. The van der Waals surface area contributed by atoms with Gasteiger partial charge in [0.1, 0.15) is 11.6 Å². The average molecular weight is 350 g/mol. The van der Waals surface area contributed by atoms with Gasteiger partial charge in [0.05, 0.1) is 12.8 Å². The van der Waals surface area contributed by atoms with Gasteiger partial charge >= 0.3 is 0 Å². The van der Waals surface area contributed by atoms with Crippen LogP contribution in [0.15, 0.2) is 24.7 Å². The maximum absolute atomic E-state index is 13.8. The molecular weight excluding hydrogens is 330 g/mol. The van der Waals surface area contributed by atoms with Crippen molar-refractivity contribution >= 4 is 5.91 Å². The van der Waals surface area contributed by atoms with Crippen LogP contribution >= 0.6 is 0 Å². The van der Waals surface area contributed by atoms with Crippen molar-refractivity contribution in [2.24, 2.45) is 0 Å². The lowest BCUT2D eigenvalue weighted by molar-refractivity contribution is 0.0691. The summed E-state index contributed by atoms with van der Waals surface area (Å²) in [6.45, 7) is 2.21. The fourth-order valence-corrected chi connectivity index (χ4v) is 3.15. The standard InChI is InChI=1S/C17H20F2N4O2/c1-25-8-7-22-6-4-20-16(22)12-3-2-5-23(11-12)17(24)15-14(19)9-13(18)10-21-15/h4,6,9-10,12H,2-3,5,7-8,11H2,1H3/t12-/m0/s1. The zero-order valence-corrected chi connectivity index (χ0v) is 14.0. The number of carbonyl (C=O) groups is 1. The summed E-state index contributed by atoms with van der Waals surface area (Å²) in [7, 11) is 1.64. The van der Waals surface area contributed by atoms with Gasteiger partial charge in [-0.3, -0.25) is 4.79 Å². The lowest BCUT2D eigenvalue weighted by Crippen LogP contribution is -2.40. The third kappa shape index (κ3) is 3.84. The second kappa shape index (κ2) is 7.69. The molecule has 25 heavy (non-hydrogen) atoms. The van der Waals surface area contributed by atoms with Crippen molar-refractivity contribution in [3.05, 3.63) is 47.8 Å². The van der Waals surface area contributed by atoms with Crippen LogP contribution in [0, 0.1) is 11.6 Å². The van der Waals surface area contributed by atoms with E-state index in [4.69, 9.17) is 4.74 Å². The van der Waals surface area contributed by atoms with Gasteiger partial charge < -0.3 is 14.2 Å². The largest absolute Gasteiger partial charge is 0.383 e. The molecule has 0 aliphatic carbocycles. The monoisotopic (exact) mass is 350 g/mol. The molecule has 0 unspecified atom stereocenters. The van der Waals surface area contributed by atoms with E-state index in [1.165, 1.54) is 0 Å². The first-order valence-electron chi connectivity index (χ1n) is 8.20. The van der Waals surface area contributed by atoms with Crippen LogP contribution < -0.4 is 0 Å². The molecule has 2 aromatic rings.